The summed E-state index contributed by atoms with van der Waals surface area (Å²) in [5, 5.41) is 5.24. The zero-order valence-corrected chi connectivity index (χ0v) is 11.4. The quantitative estimate of drug-likeness (QED) is 0.899. The van der Waals surface area contributed by atoms with Crippen LogP contribution in [0.1, 0.15) is 17.4 Å². The van der Waals surface area contributed by atoms with Gasteiger partial charge in [0.15, 0.2) is 0 Å². The first-order valence-electron chi connectivity index (χ1n) is 6.30. The number of nitrogens with zero attached hydrogens (tertiary/aromatic N) is 2. The number of hydrogen-bond acceptors (Lipinski definition) is 5. The Morgan fingerprint density at radius 3 is 2.33 bits per heavy atom. The van der Waals surface area contributed by atoms with Crippen LogP contribution in [0.4, 0.5) is 16.2 Å². The van der Waals surface area contributed by atoms with Gasteiger partial charge in [0.1, 0.15) is 5.69 Å². The lowest BCUT2D eigenvalue weighted by Gasteiger charge is -2.07. The largest absolute Gasteiger partial charge is 0.450 e. The summed E-state index contributed by atoms with van der Waals surface area (Å²) >= 11 is 0. The Kier molecular flexibility index (Phi) is 4.81. The van der Waals surface area contributed by atoms with Crippen molar-refractivity contribution in [3.8, 4) is 0 Å². The van der Waals surface area contributed by atoms with Gasteiger partial charge < -0.3 is 10.1 Å². The first-order chi connectivity index (χ1) is 10.2. The highest BCUT2D eigenvalue weighted by Crippen LogP contribution is 2.14. The summed E-state index contributed by atoms with van der Waals surface area (Å²) in [6.45, 7) is 2.03. The number of nitrogens with one attached hydrogen (secondary N) is 2. The van der Waals surface area contributed by atoms with E-state index in [0.29, 0.717) is 18.0 Å². The average molecular weight is 286 g/mol. The molecule has 2 rings (SSSR count). The smallest absolute Gasteiger partial charge is 0.411 e. The minimum absolute atomic E-state index is 0.228. The topological polar surface area (TPSA) is 93.2 Å². The fourth-order valence-electron chi connectivity index (χ4n) is 1.53. The predicted octanol–water partition coefficient (Wildman–Crippen LogP) is 2.30. The summed E-state index contributed by atoms with van der Waals surface area (Å²) in [5.74, 6) is -0.353. The molecular weight excluding hydrogens is 272 g/mol. The monoisotopic (exact) mass is 286 g/mol. The van der Waals surface area contributed by atoms with Crippen LogP contribution in [0.15, 0.2) is 42.9 Å². The lowest BCUT2D eigenvalue weighted by Crippen LogP contribution is -2.14. The van der Waals surface area contributed by atoms with E-state index in [9.17, 15) is 9.59 Å². The predicted molar refractivity (Wildman–Crippen MR) is 77.1 cm³/mol. The summed E-state index contributed by atoms with van der Waals surface area (Å²) in [6, 6.07) is 6.64. The zero-order chi connectivity index (χ0) is 15.1. The van der Waals surface area contributed by atoms with E-state index in [1.807, 2.05) is 0 Å². The van der Waals surface area contributed by atoms with Gasteiger partial charge in [0.05, 0.1) is 12.8 Å². The van der Waals surface area contributed by atoms with Crippen LogP contribution in [0.5, 0.6) is 0 Å². The minimum atomic E-state index is -0.520. The molecule has 0 aliphatic heterocycles. The minimum Gasteiger partial charge on any atom is -0.450 e. The summed E-state index contributed by atoms with van der Waals surface area (Å²) < 4.78 is 4.76. The summed E-state index contributed by atoms with van der Waals surface area (Å²) in [4.78, 5) is 30.8. The fraction of sp³-hybridized carbons (Fsp3) is 0.143. The molecule has 0 atom stereocenters. The number of carbonyl (C=O) groups excluding carboxylic acids is 2. The molecule has 1 aromatic heterocycles. The van der Waals surface area contributed by atoms with Gasteiger partial charge in [0.25, 0.3) is 5.91 Å². The Morgan fingerprint density at radius 2 is 1.76 bits per heavy atom. The molecular formula is C14H14N4O3. The molecule has 0 saturated carbocycles. The van der Waals surface area contributed by atoms with Gasteiger partial charge >= 0.3 is 6.09 Å². The number of anilines is 2. The Hall–Kier alpha value is -2.96. The molecule has 108 valence electrons. The van der Waals surface area contributed by atoms with Gasteiger partial charge in [0.2, 0.25) is 0 Å². The van der Waals surface area contributed by atoms with Crippen molar-refractivity contribution < 1.29 is 14.3 Å². The SMILES string of the molecule is CCOC(=O)Nc1ccc(NC(=O)c2cnccn2)cc1. The number of aromatic nitrogens is 2. The third-order valence-electron chi connectivity index (χ3n) is 2.46. The number of rotatable bonds is 4. The van der Waals surface area contributed by atoms with Crippen molar-refractivity contribution >= 4 is 23.4 Å². The van der Waals surface area contributed by atoms with E-state index in [4.69, 9.17) is 4.74 Å². The third kappa shape index (κ3) is 4.27. The molecule has 0 unspecified atom stereocenters. The first-order valence-corrected chi connectivity index (χ1v) is 6.30. The van der Waals surface area contributed by atoms with Crippen LogP contribution in [0.2, 0.25) is 0 Å². The lowest BCUT2D eigenvalue weighted by molar-refractivity contribution is 0.102. The van der Waals surface area contributed by atoms with Gasteiger partial charge in [-0.2, -0.15) is 0 Å². The molecule has 7 heteroatoms. The van der Waals surface area contributed by atoms with E-state index in [0.717, 1.165) is 0 Å². The number of carbonyl (C=O) groups is 2. The van der Waals surface area contributed by atoms with Crippen LogP contribution < -0.4 is 10.6 Å². The Bertz CT molecular complexity index is 614. The van der Waals surface area contributed by atoms with Crippen LogP contribution >= 0.6 is 0 Å². The van der Waals surface area contributed by atoms with Crippen molar-refractivity contribution in [1.82, 2.24) is 9.97 Å². The normalized spacial score (nSPS) is 9.76. The standard InChI is InChI=1S/C14H14N4O3/c1-2-21-14(20)18-11-5-3-10(4-6-11)17-13(19)12-9-15-7-8-16-12/h3-9H,2H2,1H3,(H,17,19)(H,18,20). The third-order valence-corrected chi connectivity index (χ3v) is 2.46. The van der Waals surface area contributed by atoms with Crippen LogP contribution in [0.25, 0.3) is 0 Å². The van der Waals surface area contributed by atoms with Gasteiger partial charge in [-0.3, -0.25) is 15.1 Å². The van der Waals surface area contributed by atoms with Gasteiger partial charge in [-0.05, 0) is 31.2 Å². The summed E-state index contributed by atoms with van der Waals surface area (Å²) in [6.07, 6.45) is 3.80. The second-order valence-corrected chi connectivity index (χ2v) is 3.97. The Balaban J connectivity index is 1.96. The molecule has 0 bridgehead atoms. The molecule has 7 nitrogen and oxygen atoms in total. The maximum absolute atomic E-state index is 11.9. The number of hydrogen-bond donors (Lipinski definition) is 2. The number of ether oxygens (including phenoxy) is 1. The molecule has 21 heavy (non-hydrogen) atoms. The Labute approximate surface area is 121 Å². The highest BCUT2D eigenvalue weighted by Gasteiger charge is 2.07. The molecule has 0 radical (unpaired) electrons. The van der Waals surface area contributed by atoms with Crippen molar-refractivity contribution in [2.24, 2.45) is 0 Å². The Morgan fingerprint density at radius 1 is 1.10 bits per heavy atom. The zero-order valence-electron chi connectivity index (χ0n) is 11.4. The molecule has 0 spiro atoms. The number of benzene rings is 1. The highest BCUT2D eigenvalue weighted by atomic mass is 16.5. The molecule has 2 aromatic rings. The maximum atomic E-state index is 11.9. The van der Waals surface area contributed by atoms with Crippen molar-refractivity contribution in [1.29, 1.82) is 0 Å². The first kappa shape index (κ1) is 14.4. The fourth-order valence-corrected chi connectivity index (χ4v) is 1.53. The van der Waals surface area contributed by atoms with E-state index in [2.05, 4.69) is 20.6 Å². The van der Waals surface area contributed by atoms with Gasteiger partial charge in [-0.1, -0.05) is 0 Å². The molecule has 1 aromatic carbocycles. The molecule has 2 amide bonds. The van der Waals surface area contributed by atoms with E-state index in [1.54, 1.807) is 31.2 Å². The molecule has 1 heterocycles. The van der Waals surface area contributed by atoms with Crippen molar-refractivity contribution in [2.45, 2.75) is 6.92 Å². The van der Waals surface area contributed by atoms with Crippen LogP contribution in [0, 0.1) is 0 Å². The van der Waals surface area contributed by atoms with E-state index >= 15 is 0 Å². The van der Waals surface area contributed by atoms with E-state index in [1.165, 1.54) is 18.6 Å². The summed E-state index contributed by atoms with van der Waals surface area (Å²) in [5.41, 5.74) is 1.39. The molecule has 2 N–H and O–H groups in total. The summed E-state index contributed by atoms with van der Waals surface area (Å²) in [7, 11) is 0. The van der Waals surface area contributed by atoms with Crippen LogP contribution in [0.3, 0.4) is 0 Å². The van der Waals surface area contributed by atoms with Gasteiger partial charge in [-0.15, -0.1) is 0 Å². The van der Waals surface area contributed by atoms with E-state index < -0.39 is 6.09 Å². The molecule has 0 aliphatic carbocycles. The second-order valence-electron chi connectivity index (χ2n) is 3.97. The van der Waals surface area contributed by atoms with E-state index in [-0.39, 0.29) is 11.6 Å². The maximum Gasteiger partial charge on any atom is 0.411 e. The highest BCUT2D eigenvalue weighted by molar-refractivity contribution is 6.02. The lowest BCUT2D eigenvalue weighted by atomic mass is 10.2. The van der Waals surface area contributed by atoms with Crippen LogP contribution in [-0.2, 0) is 4.74 Å². The molecule has 0 fully saturated rings. The van der Waals surface area contributed by atoms with Crippen molar-refractivity contribution in [3.05, 3.63) is 48.5 Å². The molecule has 0 saturated heterocycles. The number of amides is 2. The van der Waals surface area contributed by atoms with Gasteiger partial charge in [-0.25, -0.2) is 9.78 Å². The van der Waals surface area contributed by atoms with Crippen molar-refractivity contribution in [2.75, 3.05) is 17.2 Å². The second kappa shape index (κ2) is 6.99. The molecule has 0 aliphatic rings. The van der Waals surface area contributed by atoms with Crippen molar-refractivity contribution in [3.63, 3.8) is 0 Å². The van der Waals surface area contributed by atoms with Crippen LogP contribution in [-0.4, -0.2) is 28.6 Å². The average Bonchev–Trinajstić information content (AvgIpc) is 2.50. The van der Waals surface area contributed by atoms with Gasteiger partial charge in [0, 0.05) is 23.8 Å².